The highest BCUT2D eigenvalue weighted by Gasteiger charge is 2.22. The Balaban J connectivity index is 1.53. The highest BCUT2D eigenvalue weighted by Crippen LogP contribution is 2.27. The molecule has 1 atom stereocenters. The van der Waals surface area contributed by atoms with Gasteiger partial charge in [0.15, 0.2) is 0 Å². The van der Waals surface area contributed by atoms with Gasteiger partial charge in [0.2, 0.25) is 0 Å². The van der Waals surface area contributed by atoms with Crippen molar-refractivity contribution in [2.75, 3.05) is 19.7 Å². The molecule has 0 radical (unpaired) electrons. The summed E-state index contributed by atoms with van der Waals surface area (Å²) in [5.74, 6) is 1.07. The topological polar surface area (TPSA) is 37.4 Å². The van der Waals surface area contributed by atoms with Gasteiger partial charge in [-0.05, 0) is 61.7 Å². The average molecular weight is 337 g/mol. The lowest BCUT2D eigenvalue weighted by Gasteiger charge is -2.31. The second-order valence-electron chi connectivity index (χ2n) is 7.10. The third-order valence-electron chi connectivity index (χ3n) is 5.29. The summed E-state index contributed by atoms with van der Waals surface area (Å²) in [6.45, 7) is 4.98. The summed E-state index contributed by atoms with van der Waals surface area (Å²) in [7, 11) is 0. The molecule has 1 aromatic heterocycles. The Kier molecular flexibility index (Phi) is 5.28. The Labute approximate surface area is 150 Å². The van der Waals surface area contributed by atoms with Gasteiger partial charge in [0, 0.05) is 31.7 Å². The van der Waals surface area contributed by atoms with Gasteiger partial charge in [-0.2, -0.15) is 0 Å². The van der Waals surface area contributed by atoms with Crippen LogP contribution in [0.3, 0.4) is 0 Å². The molecule has 1 saturated heterocycles. The van der Waals surface area contributed by atoms with E-state index in [0.717, 1.165) is 50.7 Å². The first-order valence-corrected chi connectivity index (χ1v) is 9.48. The zero-order chi connectivity index (χ0) is 16.9. The molecule has 1 N–H and O–H groups in total. The SMILES string of the molecule is c1ccc(CN(Cc2ccc3c(c2)CCO3)C2CCCNCC2)nc1. The van der Waals surface area contributed by atoms with Gasteiger partial charge in [0.25, 0.3) is 0 Å². The summed E-state index contributed by atoms with van der Waals surface area (Å²) < 4.78 is 5.66. The fourth-order valence-corrected chi connectivity index (χ4v) is 3.95. The number of nitrogens with one attached hydrogen (secondary N) is 1. The van der Waals surface area contributed by atoms with Crippen molar-refractivity contribution in [3.8, 4) is 5.75 Å². The minimum Gasteiger partial charge on any atom is -0.493 e. The van der Waals surface area contributed by atoms with Crippen molar-refractivity contribution in [3.63, 3.8) is 0 Å². The molecular weight excluding hydrogens is 310 g/mol. The van der Waals surface area contributed by atoms with E-state index in [4.69, 9.17) is 4.74 Å². The summed E-state index contributed by atoms with van der Waals surface area (Å²) in [5, 5.41) is 3.53. The molecule has 0 amide bonds. The maximum absolute atomic E-state index is 5.66. The standard InChI is InChI=1S/C21H27N3O/c1-2-11-23-19(4-1)16-24(20-5-3-10-22-12-8-20)15-17-6-7-21-18(14-17)9-13-25-21/h1-2,4,6-7,11,14,20,22H,3,5,8-10,12-13,15-16H2. The van der Waals surface area contributed by atoms with E-state index in [9.17, 15) is 0 Å². The maximum Gasteiger partial charge on any atom is 0.122 e. The number of rotatable bonds is 5. The third kappa shape index (κ3) is 4.20. The molecular formula is C21H27N3O. The minimum atomic E-state index is 0.613. The van der Waals surface area contributed by atoms with Gasteiger partial charge < -0.3 is 10.1 Å². The van der Waals surface area contributed by atoms with Crippen LogP contribution in [0.5, 0.6) is 5.75 Å². The van der Waals surface area contributed by atoms with E-state index < -0.39 is 0 Å². The van der Waals surface area contributed by atoms with Crippen LogP contribution in [-0.4, -0.2) is 35.6 Å². The van der Waals surface area contributed by atoms with Gasteiger partial charge in [-0.3, -0.25) is 9.88 Å². The number of pyridine rings is 1. The molecule has 4 heteroatoms. The van der Waals surface area contributed by atoms with Crippen LogP contribution < -0.4 is 10.1 Å². The fourth-order valence-electron chi connectivity index (χ4n) is 3.95. The van der Waals surface area contributed by atoms with Crippen LogP contribution in [0, 0.1) is 0 Å². The Hall–Kier alpha value is -1.91. The Morgan fingerprint density at radius 1 is 1.12 bits per heavy atom. The van der Waals surface area contributed by atoms with Crippen LogP contribution in [-0.2, 0) is 19.5 Å². The normalized spacial score (nSPS) is 20.1. The van der Waals surface area contributed by atoms with Crippen molar-refractivity contribution >= 4 is 0 Å². The molecule has 3 heterocycles. The van der Waals surface area contributed by atoms with E-state index in [0.29, 0.717) is 6.04 Å². The first-order chi connectivity index (χ1) is 12.4. The summed E-state index contributed by atoms with van der Waals surface area (Å²) in [4.78, 5) is 7.18. The number of aromatic nitrogens is 1. The monoisotopic (exact) mass is 337 g/mol. The summed E-state index contributed by atoms with van der Waals surface area (Å²) in [6, 6.07) is 13.5. The summed E-state index contributed by atoms with van der Waals surface area (Å²) >= 11 is 0. The molecule has 132 valence electrons. The van der Waals surface area contributed by atoms with Crippen LogP contribution in [0.15, 0.2) is 42.6 Å². The lowest BCUT2D eigenvalue weighted by molar-refractivity contribution is 0.162. The Morgan fingerprint density at radius 3 is 3.04 bits per heavy atom. The first-order valence-electron chi connectivity index (χ1n) is 9.48. The highest BCUT2D eigenvalue weighted by molar-refractivity contribution is 5.39. The molecule has 0 aliphatic carbocycles. The predicted molar refractivity (Wildman–Crippen MR) is 99.6 cm³/mol. The van der Waals surface area contributed by atoms with Crippen molar-refractivity contribution in [2.24, 2.45) is 0 Å². The van der Waals surface area contributed by atoms with Crippen LogP contribution >= 0.6 is 0 Å². The molecule has 0 bridgehead atoms. The number of hydrogen-bond donors (Lipinski definition) is 1. The van der Waals surface area contributed by atoms with Crippen molar-refractivity contribution in [2.45, 2.75) is 44.8 Å². The number of fused-ring (bicyclic) bond motifs is 1. The smallest absolute Gasteiger partial charge is 0.122 e. The zero-order valence-electron chi connectivity index (χ0n) is 14.8. The van der Waals surface area contributed by atoms with Crippen molar-refractivity contribution < 1.29 is 4.74 Å². The van der Waals surface area contributed by atoms with Crippen LogP contribution in [0.4, 0.5) is 0 Å². The molecule has 2 aliphatic rings. The quantitative estimate of drug-likeness (QED) is 0.909. The van der Waals surface area contributed by atoms with Gasteiger partial charge in [-0.25, -0.2) is 0 Å². The van der Waals surface area contributed by atoms with E-state index in [-0.39, 0.29) is 0 Å². The Bertz CT molecular complexity index is 681. The number of nitrogens with zero attached hydrogens (tertiary/aromatic N) is 2. The van der Waals surface area contributed by atoms with Crippen molar-refractivity contribution in [1.82, 2.24) is 15.2 Å². The molecule has 1 fully saturated rings. The first kappa shape index (κ1) is 16.6. The fraction of sp³-hybridized carbons (Fsp3) is 0.476. The molecule has 1 unspecified atom stereocenters. The van der Waals surface area contributed by atoms with E-state index in [1.165, 1.54) is 30.4 Å². The molecule has 25 heavy (non-hydrogen) atoms. The lowest BCUT2D eigenvalue weighted by Crippen LogP contribution is -2.35. The van der Waals surface area contributed by atoms with Crippen molar-refractivity contribution in [1.29, 1.82) is 0 Å². The van der Waals surface area contributed by atoms with Crippen LogP contribution in [0.25, 0.3) is 0 Å². The van der Waals surface area contributed by atoms with E-state index in [2.05, 4.69) is 45.5 Å². The zero-order valence-corrected chi connectivity index (χ0v) is 14.8. The third-order valence-corrected chi connectivity index (χ3v) is 5.29. The Morgan fingerprint density at radius 2 is 2.12 bits per heavy atom. The van der Waals surface area contributed by atoms with E-state index in [1.54, 1.807) is 0 Å². The molecule has 4 nitrogen and oxygen atoms in total. The molecule has 0 spiro atoms. The average Bonchev–Trinajstić information content (AvgIpc) is 2.94. The molecule has 2 aromatic rings. The molecule has 1 aromatic carbocycles. The van der Waals surface area contributed by atoms with Gasteiger partial charge in [-0.1, -0.05) is 18.2 Å². The van der Waals surface area contributed by atoms with Gasteiger partial charge in [0.05, 0.1) is 12.3 Å². The second-order valence-corrected chi connectivity index (χ2v) is 7.10. The molecule has 4 rings (SSSR count). The number of ether oxygens (including phenoxy) is 1. The largest absolute Gasteiger partial charge is 0.493 e. The van der Waals surface area contributed by atoms with Gasteiger partial charge >= 0.3 is 0 Å². The van der Waals surface area contributed by atoms with E-state index >= 15 is 0 Å². The lowest BCUT2D eigenvalue weighted by atomic mass is 10.0. The molecule has 2 aliphatic heterocycles. The van der Waals surface area contributed by atoms with Crippen molar-refractivity contribution in [3.05, 3.63) is 59.4 Å². The second kappa shape index (κ2) is 7.98. The number of hydrogen-bond acceptors (Lipinski definition) is 4. The van der Waals surface area contributed by atoms with E-state index in [1.807, 2.05) is 12.3 Å². The minimum absolute atomic E-state index is 0.613. The van der Waals surface area contributed by atoms with Crippen LogP contribution in [0.1, 0.15) is 36.1 Å². The van der Waals surface area contributed by atoms with Crippen LogP contribution in [0.2, 0.25) is 0 Å². The summed E-state index contributed by atoms with van der Waals surface area (Å²) in [5.41, 5.74) is 3.90. The molecule has 0 saturated carbocycles. The van der Waals surface area contributed by atoms with Gasteiger partial charge in [0.1, 0.15) is 5.75 Å². The van der Waals surface area contributed by atoms with Gasteiger partial charge in [-0.15, -0.1) is 0 Å². The maximum atomic E-state index is 5.66. The highest BCUT2D eigenvalue weighted by atomic mass is 16.5. The number of benzene rings is 1. The summed E-state index contributed by atoms with van der Waals surface area (Å²) in [6.07, 6.45) is 6.65. The predicted octanol–water partition coefficient (Wildman–Crippen LogP) is 3.16.